The molecule has 0 fully saturated rings. The van der Waals surface area contributed by atoms with Crippen LogP contribution in [-0.2, 0) is 18.0 Å². The molecule has 0 radical (unpaired) electrons. The van der Waals surface area contributed by atoms with E-state index in [1.54, 1.807) is 36.4 Å². The molecule has 0 aliphatic rings. The number of ether oxygens (including phenoxy) is 3. The highest BCUT2D eigenvalue weighted by Crippen LogP contribution is 2.37. The maximum atomic E-state index is 12.8. The molecule has 4 aromatic carbocycles. The summed E-state index contributed by atoms with van der Waals surface area (Å²) in [6.07, 6.45) is 1.44. The summed E-state index contributed by atoms with van der Waals surface area (Å²) in [6, 6.07) is 29.7. The lowest BCUT2D eigenvalue weighted by Gasteiger charge is -2.13. The number of methoxy groups -OCH3 is 1. The van der Waals surface area contributed by atoms with Gasteiger partial charge in [0.25, 0.3) is 5.91 Å². The molecule has 1 N–H and O–H groups in total. The minimum Gasteiger partial charge on any atom is -0.493 e. The van der Waals surface area contributed by atoms with Gasteiger partial charge in [0.1, 0.15) is 30.6 Å². The van der Waals surface area contributed by atoms with E-state index in [0.717, 1.165) is 15.6 Å². The number of hydrogen-bond donors (Lipinski definition) is 1. The lowest BCUT2D eigenvalue weighted by Crippen LogP contribution is -2.13. The molecule has 0 atom stereocenters. The van der Waals surface area contributed by atoms with Crippen LogP contribution in [0.2, 0.25) is 5.02 Å². The van der Waals surface area contributed by atoms with Gasteiger partial charge in [0.05, 0.1) is 12.1 Å². The van der Waals surface area contributed by atoms with Crippen LogP contribution < -0.4 is 19.5 Å². The second-order valence-electron chi connectivity index (χ2n) is 8.37. The van der Waals surface area contributed by atoms with Crippen LogP contribution in [0.1, 0.15) is 16.7 Å². The first kappa shape index (κ1) is 27.8. The molecule has 39 heavy (non-hydrogen) atoms. The number of nitrogens with zero attached hydrogens (tertiary/aromatic N) is 1. The number of halogens is 2. The SMILES string of the molecule is COc1cc(/C=C(\C#N)C(=O)Nc2ccc(OCc3ccc(Br)cc3)cc2)cc(Cl)c1OCc1ccccc1. The molecule has 1 amide bonds. The van der Waals surface area contributed by atoms with E-state index in [9.17, 15) is 10.1 Å². The molecule has 0 heterocycles. The third kappa shape index (κ3) is 7.87. The van der Waals surface area contributed by atoms with Crippen LogP contribution in [0.3, 0.4) is 0 Å². The molecule has 0 aliphatic heterocycles. The number of nitrogens with one attached hydrogen (secondary N) is 1. The number of carbonyl (C=O) groups is 1. The zero-order chi connectivity index (χ0) is 27.6. The van der Waals surface area contributed by atoms with Crippen molar-refractivity contribution >= 4 is 45.2 Å². The molecule has 196 valence electrons. The molecule has 0 aliphatic carbocycles. The molecular weight excluding hydrogens is 580 g/mol. The summed E-state index contributed by atoms with van der Waals surface area (Å²) in [4.78, 5) is 12.8. The summed E-state index contributed by atoms with van der Waals surface area (Å²) in [7, 11) is 1.50. The first-order chi connectivity index (χ1) is 18.9. The van der Waals surface area contributed by atoms with Gasteiger partial charge in [-0.1, -0.05) is 70.0 Å². The van der Waals surface area contributed by atoms with Crippen molar-refractivity contribution in [3.05, 3.63) is 123 Å². The number of hydrogen-bond acceptors (Lipinski definition) is 5. The molecule has 0 spiro atoms. The first-order valence-electron chi connectivity index (χ1n) is 11.9. The molecule has 0 bridgehead atoms. The minimum atomic E-state index is -0.555. The van der Waals surface area contributed by atoms with Crippen LogP contribution in [0, 0.1) is 11.3 Å². The van der Waals surface area contributed by atoms with E-state index < -0.39 is 5.91 Å². The van der Waals surface area contributed by atoms with Crippen LogP contribution in [0.5, 0.6) is 17.2 Å². The van der Waals surface area contributed by atoms with Crippen molar-refractivity contribution in [3.8, 4) is 23.3 Å². The summed E-state index contributed by atoms with van der Waals surface area (Å²) in [5.74, 6) is 0.871. The number of nitriles is 1. The molecule has 0 saturated heterocycles. The molecule has 4 aromatic rings. The van der Waals surface area contributed by atoms with Gasteiger partial charge in [-0.2, -0.15) is 5.26 Å². The third-order valence-corrected chi connectivity index (χ3v) is 6.39. The zero-order valence-corrected chi connectivity index (χ0v) is 23.3. The number of rotatable bonds is 10. The summed E-state index contributed by atoms with van der Waals surface area (Å²) < 4.78 is 18.1. The van der Waals surface area contributed by atoms with Crippen molar-refractivity contribution in [1.82, 2.24) is 0 Å². The monoisotopic (exact) mass is 602 g/mol. The van der Waals surface area contributed by atoms with Gasteiger partial charge in [-0.05, 0) is 71.3 Å². The fourth-order valence-electron chi connectivity index (χ4n) is 3.59. The Bertz CT molecular complexity index is 1500. The quantitative estimate of drug-likeness (QED) is 0.148. The Kier molecular flexibility index (Phi) is 9.63. The molecular formula is C31H24BrClN2O4. The van der Waals surface area contributed by atoms with Crippen molar-refractivity contribution in [2.45, 2.75) is 13.2 Å². The summed E-state index contributed by atoms with van der Waals surface area (Å²) in [5.41, 5.74) is 2.96. The molecule has 6 nitrogen and oxygen atoms in total. The maximum Gasteiger partial charge on any atom is 0.266 e. The van der Waals surface area contributed by atoms with E-state index in [4.69, 9.17) is 25.8 Å². The van der Waals surface area contributed by atoms with Crippen molar-refractivity contribution < 1.29 is 19.0 Å². The maximum absolute atomic E-state index is 12.8. The average molecular weight is 604 g/mol. The van der Waals surface area contributed by atoms with Gasteiger partial charge in [0.15, 0.2) is 11.5 Å². The lowest BCUT2D eigenvalue weighted by molar-refractivity contribution is -0.112. The van der Waals surface area contributed by atoms with E-state index in [0.29, 0.717) is 46.7 Å². The van der Waals surface area contributed by atoms with Gasteiger partial charge in [-0.3, -0.25) is 4.79 Å². The molecule has 0 saturated carbocycles. The van der Waals surface area contributed by atoms with Crippen molar-refractivity contribution in [2.24, 2.45) is 0 Å². The number of carbonyl (C=O) groups excluding carboxylic acids is 1. The summed E-state index contributed by atoms with van der Waals surface area (Å²) >= 11 is 9.88. The second kappa shape index (κ2) is 13.5. The fourth-order valence-corrected chi connectivity index (χ4v) is 4.13. The molecule has 4 rings (SSSR count). The van der Waals surface area contributed by atoms with Crippen LogP contribution in [0.15, 0.2) is 101 Å². The normalized spacial score (nSPS) is 10.9. The third-order valence-electron chi connectivity index (χ3n) is 5.58. The predicted molar refractivity (Wildman–Crippen MR) is 156 cm³/mol. The Morgan fingerprint density at radius 1 is 0.949 bits per heavy atom. The molecule has 0 unspecified atom stereocenters. The number of anilines is 1. The standard InChI is InChI=1S/C31H24BrClN2O4/c1-37-29-17-23(16-28(33)30(29)39-20-21-5-3-2-4-6-21)15-24(18-34)31(36)35-26-11-13-27(14-12-26)38-19-22-7-9-25(32)10-8-22/h2-17H,19-20H2,1H3,(H,35,36)/b24-15+. The Morgan fingerprint density at radius 3 is 2.28 bits per heavy atom. The van der Waals surface area contributed by atoms with Crippen LogP contribution in [-0.4, -0.2) is 13.0 Å². The number of amides is 1. The Hall–Kier alpha value is -4.25. The average Bonchev–Trinajstić information content (AvgIpc) is 2.96. The van der Waals surface area contributed by atoms with Gasteiger partial charge in [0, 0.05) is 10.2 Å². The highest BCUT2D eigenvalue weighted by atomic mass is 79.9. The van der Waals surface area contributed by atoms with Crippen LogP contribution >= 0.6 is 27.5 Å². The predicted octanol–water partition coefficient (Wildman–Crippen LogP) is 7.81. The van der Waals surface area contributed by atoms with Gasteiger partial charge < -0.3 is 19.5 Å². The zero-order valence-electron chi connectivity index (χ0n) is 21.0. The Morgan fingerprint density at radius 2 is 1.62 bits per heavy atom. The van der Waals surface area contributed by atoms with Crippen molar-refractivity contribution in [2.75, 3.05) is 12.4 Å². The largest absolute Gasteiger partial charge is 0.493 e. The second-order valence-corrected chi connectivity index (χ2v) is 9.69. The lowest BCUT2D eigenvalue weighted by atomic mass is 10.1. The van der Waals surface area contributed by atoms with Gasteiger partial charge in [0.2, 0.25) is 0 Å². The van der Waals surface area contributed by atoms with E-state index in [1.807, 2.05) is 60.7 Å². The summed E-state index contributed by atoms with van der Waals surface area (Å²) in [6.45, 7) is 0.731. The summed E-state index contributed by atoms with van der Waals surface area (Å²) in [5, 5.41) is 12.7. The van der Waals surface area contributed by atoms with Gasteiger partial charge >= 0.3 is 0 Å². The van der Waals surface area contributed by atoms with Crippen molar-refractivity contribution in [1.29, 1.82) is 5.26 Å². The highest BCUT2D eigenvalue weighted by Gasteiger charge is 2.15. The van der Waals surface area contributed by atoms with Gasteiger partial charge in [-0.15, -0.1) is 0 Å². The molecule has 8 heteroatoms. The minimum absolute atomic E-state index is 0.0957. The van der Waals surface area contributed by atoms with E-state index in [-0.39, 0.29) is 5.57 Å². The Balaban J connectivity index is 1.41. The highest BCUT2D eigenvalue weighted by molar-refractivity contribution is 9.10. The smallest absolute Gasteiger partial charge is 0.266 e. The Labute approximate surface area is 240 Å². The van der Waals surface area contributed by atoms with E-state index >= 15 is 0 Å². The first-order valence-corrected chi connectivity index (χ1v) is 13.1. The molecule has 0 aromatic heterocycles. The van der Waals surface area contributed by atoms with E-state index in [1.165, 1.54) is 13.2 Å². The number of benzene rings is 4. The topological polar surface area (TPSA) is 80.6 Å². The van der Waals surface area contributed by atoms with Crippen LogP contribution in [0.4, 0.5) is 5.69 Å². The van der Waals surface area contributed by atoms with Gasteiger partial charge in [-0.25, -0.2) is 0 Å². The fraction of sp³-hybridized carbons (Fsp3) is 0.0968. The van der Waals surface area contributed by atoms with Crippen LogP contribution in [0.25, 0.3) is 6.08 Å². The van der Waals surface area contributed by atoms with E-state index in [2.05, 4.69) is 21.2 Å². The van der Waals surface area contributed by atoms with Crippen molar-refractivity contribution in [3.63, 3.8) is 0 Å².